The Morgan fingerprint density at radius 1 is 1.43 bits per heavy atom. The second kappa shape index (κ2) is 5.82. The van der Waals surface area contributed by atoms with Gasteiger partial charge in [-0.1, -0.05) is 13.8 Å². The molecule has 0 heterocycles. The lowest BCUT2D eigenvalue weighted by atomic mass is 10.4. The zero-order chi connectivity index (χ0) is 11.2. The van der Waals surface area contributed by atoms with Crippen molar-refractivity contribution in [3.63, 3.8) is 0 Å². The number of carbonyl (C=O) groups is 1. The standard InChI is InChI=1S/C7H13F3N2O2/c1-5(2)11-3-6(13)12-14-4-7(8,9)10/h5,11H,3-4H2,1-2H3,(H,12,13). The molecular formula is C7H13F3N2O2. The lowest BCUT2D eigenvalue weighted by Gasteiger charge is -2.10. The van der Waals surface area contributed by atoms with Crippen LogP contribution in [0.1, 0.15) is 13.8 Å². The van der Waals surface area contributed by atoms with E-state index in [9.17, 15) is 18.0 Å². The first-order chi connectivity index (χ1) is 6.31. The average molecular weight is 214 g/mol. The summed E-state index contributed by atoms with van der Waals surface area (Å²) >= 11 is 0. The third-order valence-corrected chi connectivity index (χ3v) is 1.09. The maximum atomic E-state index is 11.5. The number of nitrogens with one attached hydrogen (secondary N) is 2. The van der Waals surface area contributed by atoms with Crippen molar-refractivity contribution in [1.82, 2.24) is 10.8 Å². The maximum Gasteiger partial charge on any atom is 0.414 e. The summed E-state index contributed by atoms with van der Waals surface area (Å²) in [6.07, 6.45) is -4.43. The van der Waals surface area contributed by atoms with E-state index >= 15 is 0 Å². The molecule has 0 spiro atoms. The summed E-state index contributed by atoms with van der Waals surface area (Å²) in [5.74, 6) is -0.636. The number of hydrogen-bond donors (Lipinski definition) is 2. The Kier molecular flexibility index (Phi) is 5.47. The number of carbonyl (C=O) groups excluding carboxylic acids is 1. The van der Waals surface area contributed by atoms with Crippen LogP contribution in [-0.4, -0.2) is 31.3 Å². The molecular weight excluding hydrogens is 201 g/mol. The van der Waals surface area contributed by atoms with Gasteiger partial charge in [-0.2, -0.15) is 13.2 Å². The molecule has 0 atom stereocenters. The second-order valence-corrected chi connectivity index (χ2v) is 2.96. The van der Waals surface area contributed by atoms with E-state index in [-0.39, 0.29) is 12.6 Å². The third kappa shape index (κ3) is 9.27. The largest absolute Gasteiger partial charge is 0.414 e. The van der Waals surface area contributed by atoms with Gasteiger partial charge < -0.3 is 5.32 Å². The van der Waals surface area contributed by atoms with Gasteiger partial charge in [-0.05, 0) is 0 Å². The lowest BCUT2D eigenvalue weighted by molar-refractivity contribution is -0.191. The molecule has 0 aliphatic carbocycles. The highest BCUT2D eigenvalue weighted by Gasteiger charge is 2.28. The van der Waals surface area contributed by atoms with Crippen molar-refractivity contribution in [2.24, 2.45) is 0 Å². The topological polar surface area (TPSA) is 50.4 Å². The maximum absolute atomic E-state index is 11.5. The number of hydrogen-bond acceptors (Lipinski definition) is 3. The van der Waals surface area contributed by atoms with Gasteiger partial charge in [0.25, 0.3) is 5.91 Å². The van der Waals surface area contributed by atoms with Crippen molar-refractivity contribution in [3.05, 3.63) is 0 Å². The normalized spacial score (nSPS) is 11.9. The molecule has 0 unspecified atom stereocenters. The summed E-state index contributed by atoms with van der Waals surface area (Å²) in [5.41, 5.74) is 1.67. The molecule has 7 heteroatoms. The quantitative estimate of drug-likeness (QED) is 0.659. The predicted molar refractivity (Wildman–Crippen MR) is 43.3 cm³/mol. The Bertz CT molecular complexity index is 182. The zero-order valence-electron chi connectivity index (χ0n) is 7.94. The minimum Gasteiger partial charge on any atom is -0.306 e. The molecule has 0 aliphatic rings. The molecule has 0 aromatic heterocycles. The monoisotopic (exact) mass is 214 g/mol. The van der Waals surface area contributed by atoms with Gasteiger partial charge in [-0.25, -0.2) is 5.48 Å². The number of amides is 1. The van der Waals surface area contributed by atoms with Gasteiger partial charge in [0.2, 0.25) is 0 Å². The number of rotatable bonds is 5. The Morgan fingerprint density at radius 3 is 2.43 bits per heavy atom. The van der Waals surface area contributed by atoms with E-state index in [4.69, 9.17) is 0 Å². The Balaban J connectivity index is 3.46. The molecule has 4 nitrogen and oxygen atoms in total. The molecule has 0 saturated heterocycles. The van der Waals surface area contributed by atoms with Gasteiger partial charge in [0.15, 0.2) is 6.61 Å². The number of hydroxylamine groups is 1. The summed E-state index contributed by atoms with van der Waals surface area (Å²) in [5, 5.41) is 2.72. The van der Waals surface area contributed by atoms with Crippen molar-refractivity contribution < 1.29 is 22.8 Å². The van der Waals surface area contributed by atoms with Gasteiger partial charge in [0.1, 0.15) is 0 Å². The summed E-state index contributed by atoms with van der Waals surface area (Å²) in [4.78, 5) is 14.7. The van der Waals surface area contributed by atoms with Crippen LogP contribution in [0.3, 0.4) is 0 Å². The first-order valence-electron chi connectivity index (χ1n) is 4.02. The van der Waals surface area contributed by atoms with E-state index in [1.165, 1.54) is 0 Å². The van der Waals surface area contributed by atoms with Gasteiger partial charge >= 0.3 is 6.18 Å². The second-order valence-electron chi connectivity index (χ2n) is 2.96. The molecule has 0 bridgehead atoms. The van der Waals surface area contributed by atoms with Crippen molar-refractivity contribution in [2.75, 3.05) is 13.2 Å². The van der Waals surface area contributed by atoms with Crippen molar-refractivity contribution in [2.45, 2.75) is 26.1 Å². The molecule has 0 aromatic rings. The highest BCUT2D eigenvalue weighted by Crippen LogP contribution is 2.13. The van der Waals surface area contributed by atoms with Crippen LogP contribution in [0, 0.1) is 0 Å². The molecule has 2 N–H and O–H groups in total. The molecule has 0 aromatic carbocycles. The highest BCUT2D eigenvalue weighted by atomic mass is 19.4. The molecule has 0 fully saturated rings. The van der Waals surface area contributed by atoms with E-state index in [0.717, 1.165) is 0 Å². The summed E-state index contributed by atoms with van der Waals surface area (Å²) in [7, 11) is 0. The van der Waals surface area contributed by atoms with Crippen LogP contribution in [0.25, 0.3) is 0 Å². The number of alkyl halides is 3. The fourth-order valence-electron chi connectivity index (χ4n) is 0.531. The summed E-state index contributed by atoms with van der Waals surface area (Å²) < 4.78 is 34.6. The van der Waals surface area contributed by atoms with Gasteiger partial charge in [0, 0.05) is 6.04 Å². The van der Waals surface area contributed by atoms with Crippen LogP contribution in [-0.2, 0) is 9.63 Å². The fourth-order valence-corrected chi connectivity index (χ4v) is 0.531. The third-order valence-electron chi connectivity index (χ3n) is 1.09. The van der Waals surface area contributed by atoms with Crippen molar-refractivity contribution in [3.8, 4) is 0 Å². The van der Waals surface area contributed by atoms with E-state index < -0.39 is 18.7 Å². The van der Waals surface area contributed by atoms with E-state index in [1.807, 2.05) is 13.8 Å². The molecule has 1 amide bonds. The van der Waals surface area contributed by atoms with Crippen molar-refractivity contribution >= 4 is 5.91 Å². The predicted octanol–water partition coefficient (Wildman–Crippen LogP) is 0.594. The Morgan fingerprint density at radius 2 is 2.00 bits per heavy atom. The smallest absolute Gasteiger partial charge is 0.306 e. The molecule has 84 valence electrons. The summed E-state index contributed by atoms with van der Waals surface area (Å²) in [6, 6.07) is 0.0865. The number of halogens is 3. The molecule has 14 heavy (non-hydrogen) atoms. The molecule has 0 rings (SSSR count). The van der Waals surface area contributed by atoms with Crippen LogP contribution < -0.4 is 10.8 Å². The van der Waals surface area contributed by atoms with E-state index in [2.05, 4.69) is 10.2 Å². The zero-order valence-corrected chi connectivity index (χ0v) is 7.94. The lowest BCUT2D eigenvalue weighted by Crippen LogP contribution is -2.38. The average Bonchev–Trinajstić information content (AvgIpc) is 1.98. The molecule has 0 radical (unpaired) electrons. The van der Waals surface area contributed by atoms with Gasteiger partial charge in [-0.15, -0.1) is 0 Å². The molecule has 0 aliphatic heterocycles. The van der Waals surface area contributed by atoms with E-state index in [1.54, 1.807) is 5.48 Å². The van der Waals surface area contributed by atoms with Crippen LogP contribution >= 0.6 is 0 Å². The van der Waals surface area contributed by atoms with Crippen LogP contribution in [0.15, 0.2) is 0 Å². The van der Waals surface area contributed by atoms with Crippen molar-refractivity contribution in [1.29, 1.82) is 0 Å². The van der Waals surface area contributed by atoms with Crippen LogP contribution in [0.5, 0.6) is 0 Å². The SMILES string of the molecule is CC(C)NCC(=O)NOCC(F)(F)F. The highest BCUT2D eigenvalue weighted by molar-refractivity contribution is 5.76. The minimum atomic E-state index is -4.43. The van der Waals surface area contributed by atoms with Gasteiger partial charge in [-0.3, -0.25) is 9.63 Å². The summed E-state index contributed by atoms with van der Waals surface area (Å²) in [6.45, 7) is 2.06. The van der Waals surface area contributed by atoms with Crippen LogP contribution in [0.2, 0.25) is 0 Å². The fraction of sp³-hybridized carbons (Fsp3) is 0.857. The van der Waals surface area contributed by atoms with E-state index in [0.29, 0.717) is 0 Å². The Labute approximate surface area is 79.8 Å². The van der Waals surface area contributed by atoms with Crippen LogP contribution in [0.4, 0.5) is 13.2 Å². The first kappa shape index (κ1) is 13.2. The Hall–Kier alpha value is -0.820. The molecule has 0 saturated carbocycles. The van der Waals surface area contributed by atoms with Gasteiger partial charge in [0.05, 0.1) is 6.54 Å². The first-order valence-corrected chi connectivity index (χ1v) is 4.02. The minimum absolute atomic E-state index is 0.0739.